The molecule has 6 rings (SSSR count). The summed E-state index contributed by atoms with van der Waals surface area (Å²) < 4.78 is 7.54. The van der Waals surface area contributed by atoms with Gasteiger partial charge in [0, 0.05) is 48.6 Å². The molecule has 0 aliphatic carbocycles. The van der Waals surface area contributed by atoms with Gasteiger partial charge in [-0.25, -0.2) is 4.68 Å². The maximum Gasteiger partial charge on any atom is 0.274 e. The van der Waals surface area contributed by atoms with Crippen LogP contribution in [0.4, 0.5) is 5.69 Å². The SMILES string of the molecule is CCCCN(CCCC)C(=O)c1cc(C)n(-c2ccc(NC(=O)c3ccccc3COc3ccccc3)cc2C(=O)N2Cc3ccccc3CC2O)n1. The Hall–Kier alpha value is -5.74. The first-order valence-corrected chi connectivity index (χ1v) is 18.4. The second-order valence-corrected chi connectivity index (χ2v) is 13.4. The van der Waals surface area contributed by atoms with E-state index in [0.29, 0.717) is 59.1 Å². The van der Waals surface area contributed by atoms with Crippen LogP contribution in [-0.4, -0.2) is 61.7 Å². The molecule has 0 saturated carbocycles. The highest BCUT2D eigenvalue weighted by Gasteiger charge is 2.31. The Balaban J connectivity index is 1.33. The van der Waals surface area contributed by atoms with Crippen LogP contribution in [0.15, 0.2) is 103 Å². The van der Waals surface area contributed by atoms with Gasteiger partial charge in [0.05, 0.1) is 11.3 Å². The number of aryl methyl sites for hydroxylation is 1. The van der Waals surface area contributed by atoms with E-state index < -0.39 is 12.1 Å². The summed E-state index contributed by atoms with van der Waals surface area (Å²) in [5.41, 5.74) is 5.09. The molecule has 2 heterocycles. The minimum atomic E-state index is -1.05. The minimum Gasteiger partial charge on any atom is -0.489 e. The molecule has 1 aromatic heterocycles. The van der Waals surface area contributed by atoms with Crippen LogP contribution in [0.5, 0.6) is 5.75 Å². The van der Waals surface area contributed by atoms with E-state index in [0.717, 1.165) is 36.8 Å². The second-order valence-electron chi connectivity index (χ2n) is 13.4. The molecule has 274 valence electrons. The molecule has 4 aromatic carbocycles. The third kappa shape index (κ3) is 8.67. The zero-order valence-electron chi connectivity index (χ0n) is 30.6. The number of ether oxygens (including phenoxy) is 1. The number of aliphatic hydroxyl groups is 1. The van der Waals surface area contributed by atoms with Gasteiger partial charge in [0.1, 0.15) is 18.6 Å². The van der Waals surface area contributed by atoms with Crippen molar-refractivity contribution >= 4 is 23.4 Å². The number of hydrogen-bond donors (Lipinski definition) is 2. The van der Waals surface area contributed by atoms with Crippen LogP contribution in [0, 0.1) is 6.92 Å². The molecular weight excluding hydrogens is 667 g/mol. The summed E-state index contributed by atoms with van der Waals surface area (Å²) in [5.74, 6) is -0.247. The van der Waals surface area contributed by atoms with Gasteiger partial charge in [0.25, 0.3) is 17.7 Å². The molecule has 1 unspecified atom stereocenters. The van der Waals surface area contributed by atoms with Gasteiger partial charge < -0.3 is 25.0 Å². The van der Waals surface area contributed by atoms with Crippen LogP contribution < -0.4 is 10.1 Å². The Morgan fingerprint density at radius 2 is 1.53 bits per heavy atom. The highest BCUT2D eigenvalue weighted by atomic mass is 16.5. The molecule has 0 saturated heterocycles. The van der Waals surface area contributed by atoms with Gasteiger partial charge in [-0.3, -0.25) is 14.4 Å². The largest absolute Gasteiger partial charge is 0.489 e. The number of nitrogens with one attached hydrogen (secondary N) is 1. The molecule has 1 atom stereocenters. The minimum absolute atomic E-state index is 0.150. The van der Waals surface area contributed by atoms with Crippen molar-refractivity contribution in [3.8, 4) is 11.4 Å². The summed E-state index contributed by atoms with van der Waals surface area (Å²) in [6, 6.07) is 31.2. The summed E-state index contributed by atoms with van der Waals surface area (Å²) in [6.07, 6.45) is 2.97. The smallest absolute Gasteiger partial charge is 0.274 e. The van der Waals surface area contributed by atoms with E-state index in [1.165, 1.54) is 4.90 Å². The van der Waals surface area contributed by atoms with E-state index in [1.54, 1.807) is 41.1 Å². The van der Waals surface area contributed by atoms with Crippen LogP contribution in [0.2, 0.25) is 0 Å². The van der Waals surface area contributed by atoms with Crippen LogP contribution in [0.25, 0.3) is 5.69 Å². The maximum absolute atomic E-state index is 14.5. The van der Waals surface area contributed by atoms with E-state index in [4.69, 9.17) is 9.84 Å². The summed E-state index contributed by atoms with van der Waals surface area (Å²) in [6.45, 7) is 7.75. The van der Waals surface area contributed by atoms with Crippen molar-refractivity contribution in [2.45, 2.75) is 72.3 Å². The molecule has 10 nitrogen and oxygen atoms in total. The van der Waals surface area contributed by atoms with Gasteiger partial charge in [-0.05, 0) is 73.4 Å². The number of benzene rings is 4. The van der Waals surface area contributed by atoms with Gasteiger partial charge in [-0.2, -0.15) is 5.10 Å². The molecule has 0 spiro atoms. The molecule has 1 aliphatic heterocycles. The molecule has 0 bridgehead atoms. The van der Waals surface area contributed by atoms with Crippen molar-refractivity contribution in [3.63, 3.8) is 0 Å². The highest BCUT2D eigenvalue weighted by Crippen LogP contribution is 2.29. The number of carbonyl (C=O) groups is 3. The quantitative estimate of drug-likeness (QED) is 0.123. The number of carbonyl (C=O) groups excluding carboxylic acids is 3. The standard InChI is InChI=1S/C43H47N5O5/c1-4-6-23-46(24-7-5-2)43(52)38-25-30(3)48(45-38)39-22-21-34(27-37(39)42(51)47-28-32-16-12-11-15-31(32)26-40(47)49)44-41(50)36-20-14-13-17-33(36)29-53-35-18-9-8-10-19-35/h8-22,25,27,40,49H,4-7,23-24,26,28-29H2,1-3H3,(H,44,50). The summed E-state index contributed by atoms with van der Waals surface area (Å²) in [7, 11) is 0. The number of para-hydroxylation sites is 1. The first kappa shape index (κ1) is 37.0. The van der Waals surface area contributed by atoms with Crippen molar-refractivity contribution in [2.24, 2.45) is 0 Å². The van der Waals surface area contributed by atoms with Crippen molar-refractivity contribution in [2.75, 3.05) is 18.4 Å². The van der Waals surface area contributed by atoms with Gasteiger partial charge in [-0.15, -0.1) is 0 Å². The molecule has 53 heavy (non-hydrogen) atoms. The van der Waals surface area contributed by atoms with Gasteiger partial charge in [-0.1, -0.05) is 87.4 Å². The summed E-state index contributed by atoms with van der Waals surface area (Å²) in [5, 5.41) is 18.9. The lowest BCUT2D eigenvalue weighted by Gasteiger charge is -2.34. The number of amides is 3. The topological polar surface area (TPSA) is 117 Å². The van der Waals surface area contributed by atoms with Crippen molar-refractivity contribution in [1.82, 2.24) is 19.6 Å². The summed E-state index contributed by atoms with van der Waals surface area (Å²) in [4.78, 5) is 45.3. The average Bonchev–Trinajstić information content (AvgIpc) is 3.57. The van der Waals surface area contributed by atoms with Crippen LogP contribution in [-0.2, 0) is 19.6 Å². The fourth-order valence-electron chi connectivity index (χ4n) is 6.58. The average molecular weight is 714 g/mol. The summed E-state index contributed by atoms with van der Waals surface area (Å²) >= 11 is 0. The molecule has 1 aliphatic rings. The van der Waals surface area contributed by atoms with Crippen LogP contribution in [0.3, 0.4) is 0 Å². The molecule has 10 heteroatoms. The third-order valence-electron chi connectivity index (χ3n) is 9.55. The Kier molecular flexibility index (Phi) is 12.0. The first-order chi connectivity index (χ1) is 25.8. The maximum atomic E-state index is 14.5. The van der Waals surface area contributed by atoms with E-state index >= 15 is 0 Å². The first-order valence-electron chi connectivity index (χ1n) is 18.4. The van der Waals surface area contributed by atoms with Gasteiger partial charge >= 0.3 is 0 Å². The predicted octanol–water partition coefficient (Wildman–Crippen LogP) is 7.57. The van der Waals surface area contributed by atoms with Crippen molar-refractivity contribution in [3.05, 3.63) is 142 Å². The lowest BCUT2D eigenvalue weighted by Crippen LogP contribution is -2.44. The van der Waals surface area contributed by atoms with E-state index in [2.05, 4.69) is 19.2 Å². The number of hydrogen-bond acceptors (Lipinski definition) is 6. The molecular formula is C43H47N5O5. The number of anilines is 1. The number of nitrogens with zero attached hydrogens (tertiary/aromatic N) is 4. The van der Waals surface area contributed by atoms with Gasteiger partial charge in [0.15, 0.2) is 5.69 Å². The number of rotatable bonds is 14. The predicted molar refractivity (Wildman–Crippen MR) is 205 cm³/mol. The number of aromatic nitrogens is 2. The molecule has 0 fully saturated rings. The second kappa shape index (κ2) is 17.2. The fraction of sp³-hybridized carbons (Fsp3) is 0.302. The van der Waals surface area contributed by atoms with E-state index in [9.17, 15) is 19.5 Å². The number of unbranched alkanes of at least 4 members (excludes halogenated alkanes) is 2. The van der Waals surface area contributed by atoms with E-state index in [1.807, 2.05) is 78.6 Å². The Morgan fingerprint density at radius 3 is 2.26 bits per heavy atom. The monoisotopic (exact) mass is 713 g/mol. The molecule has 2 N–H and O–H groups in total. The van der Waals surface area contributed by atoms with Crippen LogP contribution in [0.1, 0.15) is 93.1 Å². The van der Waals surface area contributed by atoms with Crippen LogP contribution >= 0.6 is 0 Å². The zero-order valence-corrected chi connectivity index (χ0v) is 30.6. The molecule has 0 radical (unpaired) electrons. The molecule has 3 amide bonds. The Bertz CT molecular complexity index is 2050. The fourth-order valence-corrected chi connectivity index (χ4v) is 6.58. The molecule has 5 aromatic rings. The highest BCUT2D eigenvalue weighted by molar-refractivity contribution is 6.06. The Labute approximate surface area is 311 Å². The van der Waals surface area contributed by atoms with E-state index in [-0.39, 0.29) is 30.5 Å². The number of fused-ring (bicyclic) bond motifs is 1. The lowest BCUT2D eigenvalue weighted by atomic mass is 9.97. The van der Waals surface area contributed by atoms with Gasteiger partial charge in [0.2, 0.25) is 0 Å². The van der Waals surface area contributed by atoms with Crippen molar-refractivity contribution in [1.29, 1.82) is 0 Å². The number of aliphatic hydroxyl groups excluding tert-OH is 1. The van der Waals surface area contributed by atoms with Crippen molar-refractivity contribution < 1.29 is 24.2 Å². The normalized spacial score (nSPS) is 13.7. The zero-order chi connectivity index (χ0) is 37.3. The third-order valence-corrected chi connectivity index (χ3v) is 9.55. The lowest BCUT2D eigenvalue weighted by molar-refractivity contribution is -0.00173. The Morgan fingerprint density at radius 1 is 0.849 bits per heavy atom.